The Labute approximate surface area is 94.8 Å². The van der Waals surface area contributed by atoms with E-state index in [0.717, 1.165) is 24.5 Å². The van der Waals surface area contributed by atoms with Crippen LogP contribution in [0.4, 0.5) is 0 Å². The van der Waals surface area contributed by atoms with Gasteiger partial charge in [0, 0.05) is 18.4 Å². The lowest BCUT2D eigenvalue weighted by atomic mass is 10.3. The van der Waals surface area contributed by atoms with Crippen LogP contribution in [0.15, 0.2) is 11.6 Å². The monoisotopic (exact) mass is 223 g/mol. The van der Waals surface area contributed by atoms with Crippen LogP contribution in [-0.2, 0) is 24.2 Å². The molecule has 0 fully saturated rings. The molecule has 5 heteroatoms. The molecule has 1 rings (SSSR count). The Hall–Kier alpha value is -1.65. The highest BCUT2D eigenvalue weighted by atomic mass is 16.4. The van der Waals surface area contributed by atoms with Crippen molar-refractivity contribution in [1.29, 1.82) is 0 Å². The molecule has 0 aliphatic carbocycles. The summed E-state index contributed by atoms with van der Waals surface area (Å²) in [6, 6.07) is 0. The Kier molecular flexibility index (Phi) is 4.22. The van der Waals surface area contributed by atoms with Crippen LogP contribution in [0.2, 0.25) is 0 Å². The Morgan fingerprint density at radius 1 is 1.44 bits per heavy atom. The van der Waals surface area contributed by atoms with Crippen LogP contribution in [0.3, 0.4) is 0 Å². The molecule has 5 nitrogen and oxygen atoms in total. The predicted octanol–water partition coefficient (Wildman–Crippen LogP) is 1.43. The van der Waals surface area contributed by atoms with E-state index in [-0.39, 0.29) is 0 Å². The number of hydrogen-bond acceptors (Lipinski definition) is 3. The van der Waals surface area contributed by atoms with Crippen LogP contribution in [0, 0.1) is 0 Å². The number of aliphatic carboxylic acids is 1. The van der Waals surface area contributed by atoms with Gasteiger partial charge in [0.2, 0.25) is 0 Å². The minimum atomic E-state index is -0.895. The summed E-state index contributed by atoms with van der Waals surface area (Å²) in [5.74, 6) is 0.804. The summed E-state index contributed by atoms with van der Waals surface area (Å²) in [6.45, 7) is 6.05. The average Bonchev–Trinajstić information content (AvgIpc) is 2.68. The van der Waals surface area contributed by atoms with E-state index in [2.05, 4.69) is 10.1 Å². The van der Waals surface area contributed by atoms with Crippen molar-refractivity contribution in [2.75, 3.05) is 0 Å². The molecular weight excluding hydrogens is 206 g/mol. The van der Waals surface area contributed by atoms with E-state index in [4.69, 9.17) is 5.11 Å². The quantitative estimate of drug-likeness (QED) is 0.767. The van der Waals surface area contributed by atoms with Crippen LogP contribution >= 0.6 is 0 Å². The lowest BCUT2D eigenvalue weighted by molar-refractivity contribution is -0.132. The minimum Gasteiger partial charge on any atom is -0.478 e. The van der Waals surface area contributed by atoms with E-state index in [0.29, 0.717) is 12.1 Å². The Balaban J connectivity index is 2.84. The average molecular weight is 223 g/mol. The molecule has 0 bridgehead atoms. The summed E-state index contributed by atoms with van der Waals surface area (Å²) in [6.07, 6.45) is 3.24. The van der Waals surface area contributed by atoms with Crippen molar-refractivity contribution < 1.29 is 9.90 Å². The number of carbonyl (C=O) groups is 1. The standard InChI is InChI=1S/C11H17N3O2/c1-4-9-12-10(5-2)14(13-9)7-6-8(3)11(15)16/h6H,4-5,7H2,1-3H3,(H,15,16). The summed E-state index contributed by atoms with van der Waals surface area (Å²) < 4.78 is 1.76. The summed E-state index contributed by atoms with van der Waals surface area (Å²) in [7, 11) is 0. The fraction of sp³-hybridized carbons (Fsp3) is 0.545. The number of aryl methyl sites for hydroxylation is 2. The summed E-state index contributed by atoms with van der Waals surface area (Å²) in [5.41, 5.74) is 0.329. The molecule has 1 heterocycles. The predicted molar refractivity (Wildman–Crippen MR) is 60.2 cm³/mol. The zero-order valence-electron chi connectivity index (χ0n) is 9.90. The molecule has 1 aromatic heterocycles. The Morgan fingerprint density at radius 3 is 2.62 bits per heavy atom. The molecule has 0 saturated carbocycles. The smallest absolute Gasteiger partial charge is 0.331 e. The van der Waals surface area contributed by atoms with Crippen molar-refractivity contribution in [2.24, 2.45) is 0 Å². The van der Waals surface area contributed by atoms with Crippen LogP contribution in [-0.4, -0.2) is 25.8 Å². The maximum absolute atomic E-state index is 10.6. The first kappa shape index (κ1) is 12.4. The van der Waals surface area contributed by atoms with Crippen LogP contribution in [0.5, 0.6) is 0 Å². The molecule has 0 atom stereocenters. The molecular formula is C11H17N3O2. The molecule has 16 heavy (non-hydrogen) atoms. The molecule has 0 unspecified atom stereocenters. The number of rotatable bonds is 5. The van der Waals surface area contributed by atoms with Gasteiger partial charge in [-0.25, -0.2) is 14.5 Å². The maximum Gasteiger partial charge on any atom is 0.331 e. The fourth-order valence-electron chi connectivity index (χ4n) is 1.29. The second kappa shape index (κ2) is 5.44. The van der Waals surface area contributed by atoms with Crippen LogP contribution < -0.4 is 0 Å². The maximum atomic E-state index is 10.6. The van der Waals surface area contributed by atoms with E-state index in [1.807, 2.05) is 13.8 Å². The van der Waals surface area contributed by atoms with Crippen molar-refractivity contribution in [1.82, 2.24) is 14.8 Å². The highest BCUT2D eigenvalue weighted by Crippen LogP contribution is 2.02. The number of carboxylic acid groups (broad SMARTS) is 1. The van der Waals surface area contributed by atoms with Crippen molar-refractivity contribution in [2.45, 2.75) is 40.2 Å². The molecule has 0 aliphatic heterocycles. The minimum absolute atomic E-state index is 0.329. The van der Waals surface area contributed by atoms with Crippen molar-refractivity contribution in [3.05, 3.63) is 23.3 Å². The van der Waals surface area contributed by atoms with Gasteiger partial charge in [0.1, 0.15) is 5.82 Å². The van der Waals surface area contributed by atoms with Gasteiger partial charge < -0.3 is 5.11 Å². The van der Waals surface area contributed by atoms with Gasteiger partial charge in [0.15, 0.2) is 5.82 Å². The van der Waals surface area contributed by atoms with Crippen LogP contribution in [0.1, 0.15) is 32.4 Å². The van der Waals surface area contributed by atoms with Gasteiger partial charge in [-0.05, 0) is 6.92 Å². The van der Waals surface area contributed by atoms with Crippen molar-refractivity contribution in [3.8, 4) is 0 Å². The summed E-state index contributed by atoms with van der Waals surface area (Å²) in [4.78, 5) is 15.0. The van der Waals surface area contributed by atoms with Gasteiger partial charge in [-0.2, -0.15) is 5.10 Å². The van der Waals surface area contributed by atoms with Gasteiger partial charge in [0.05, 0.1) is 6.54 Å². The van der Waals surface area contributed by atoms with Gasteiger partial charge in [-0.3, -0.25) is 0 Å². The molecule has 0 aromatic carbocycles. The zero-order valence-corrected chi connectivity index (χ0v) is 9.90. The van der Waals surface area contributed by atoms with E-state index in [1.54, 1.807) is 17.7 Å². The first-order chi connectivity index (χ1) is 7.58. The summed E-state index contributed by atoms with van der Waals surface area (Å²) >= 11 is 0. The first-order valence-electron chi connectivity index (χ1n) is 5.41. The van der Waals surface area contributed by atoms with Gasteiger partial charge in [0.25, 0.3) is 0 Å². The van der Waals surface area contributed by atoms with Crippen molar-refractivity contribution >= 4 is 5.97 Å². The molecule has 0 saturated heterocycles. The van der Waals surface area contributed by atoms with Gasteiger partial charge >= 0.3 is 5.97 Å². The number of hydrogen-bond donors (Lipinski definition) is 1. The third-order valence-corrected chi connectivity index (χ3v) is 2.33. The molecule has 0 amide bonds. The van der Waals surface area contributed by atoms with E-state index in [1.165, 1.54) is 0 Å². The number of carboxylic acids is 1. The Morgan fingerprint density at radius 2 is 2.12 bits per heavy atom. The van der Waals surface area contributed by atoms with E-state index < -0.39 is 5.97 Å². The SMILES string of the molecule is CCc1nc(CC)n(CC=C(C)C(=O)O)n1. The van der Waals surface area contributed by atoms with E-state index in [9.17, 15) is 4.79 Å². The number of aromatic nitrogens is 3. The van der Waals surface area contributed by atoms with Gasteiger partial charge in [-0.15, -0.1) is 0 Å². The topological polar surface area (TPSA) is 68.0 Å². The lowest BCUT2D eigenvalue weighted by Gasteiger charge is -2.00. The first-order valence-corrected chi connectivity index (χ1v) is 5.41. The van der Waals surface area contributed by atoms with Crippen LogP contribution in [0.25, 0.3) is 0 Å². The number of allylic oxidation sites excluding steroid dienone is 1. The fourth-order valence-corrected chi connectivity index (χ4v) is 1.29. The normalized spacial score (nSPS) is 11.8. The molecule has 0 aliphatic rings. The molecule has 88 valence electrons. The third-order valence-electron chi connectivity index (χ3n) is 2.33. The third kappa shape index (κ3) is 2.92. The molecule has 1 N–H and O–H groups in total. The molecule has 0 spiro atoms. The second-order valence-electron chi connectivity index (χ2n) is 3.53. The highest BCUT2D eigenvalue weighted by Gasteiger charge is 2.06. The summed E-state index contributed by atoms with van der Waals surface area (Å²) in [5, 5.41) is 13.0. The van der Waals surface area contributed by atoms with E-state index >= 15 is 0 Å². The zero-order chi connectivity index (χ0) is 12.1. The number of nitrogens with zero attached hydrogens (tertiary/aromatic N) is 3. The molecule has 1 aromatic rings. The molecule has 0 radical (unpaired) electrons. The second-order valence-corrected chi connectivity index (χ2v) is 3.53. The lowest BCUT2D eigenvalue weighted by Crippen LogP contribution is -2.05. The largest absolute Gasteiger partial charge is 0.478 e. The highest BCUT2D eigenvalue weighted by molar-refractivity contribution is 5.85. The van der Waals surface area contributed by atoms with Gasteiger partial charge in [-0.1, -0.05) is 19.9 Å². The van der Waals surface area contributed by atoms with Crippen molar-refractivity contribution in [3.63, 3.8) is 0 Å². The Bertz CT molecular complexity index is 407.